The number of carbonyl (C=O) groups excluding carboxylic acids is 1. The highest BCUT2D eigenvalue weighted by Crippen LogP contribution is 2.23. The molecule has 0 aromatic heterocycles. The van der Waals surface area contributed by atoms with Gasteiger partial charge >= 0.3 is 0 Å². The minimum absolute atomic E-state index is 0.0429. The van der Waals surface area contributed by atoms with Crippen molar-refractivity contribution in [1.29, 1.82) is 0 Å². The lowest BCUT2D eigenvalue weighted by atomic mass is 10.1. The Hall–Kier alpha value is -2.33. The van der Waals surface area contributed by atoms with Gasteiger partial charge in [-0.3, -0.25) is 4.79 Å². The molecular weight excluding hydrogens is 314 g/mol. The van der Waals surface area contributed by atoms with Gasteiger partial charge in [0, 0.05) is 6.54 Å². The quantitative estimate of drug-likeness (QED) is 0.836. The molecule has 1 amide bonds. The van der Waals surface area contributed by atoms with Crippen molar-refractivity contribution in [2.24, 2.45) is 0 Å². The summed E-state index contributed by atoms with van der Waals surface area (Å²) in [7, 11) is 0. The first-order chi connectivity index (χ1) is 12.2. The molecule has 0 bridgehead atoms. The smallest absolute Gasteiger partial charge is 0.227 e. The van der Waals surface area contributed by atoms with E-state index >= 15 is 0 Å². The van der Waals surface area contributed by atoms with Crippen LogP contribution in [0.4, 0.5) is 0 Å². The lowest BCUT2D eigenvalue weighted by Gasteiger charge is -2.33. The third-order valence-corrected chi connectivity index (χ3v) is 4.46. The van der Waals surface area contributed by atoms with Crippen LogP contribution in [0.2, 0.25) is 0 Å². The van der Waals surface area contributed by atoms with Crippen molar-refractivity contribution in [2.75, 3.05) is 26.3 Å². The number of carbonyl (C=O) groups is 1. The minimum atomic E-state index is -0.0429. The molecule has 1 aliphatic rings. The van der Waals surface area contributed by atoms with E-state index in [1.54, 1.807) is 0 Å². The van der Waals surface area contributed by atoms with Crippen molar-refractivity contribution in [3.63, 3.8) is 0 Å². The summed E-state index contributed by atoms with van der Waals surface area (Å²) >= 11 is 0. The van der Waals surface area contributed by atoms with Crippen molar-refractivity contribution in [2.45, 2.75) is 26.4 Å². The Morgan fingerprint density at radius 1 is 1.16 bits per heavy atom. The summed E-state index contributed by atoms with van der Waals surface area (Å²) in [5, 5.41) is 0. The number of nitrogens with zero attached hydrogens (tertiary/aromatic N) is 1. The number of amides is 1. The molecule has 0 radical (unpaired) electrons. The summed E-state index contributed by atoms with van der Waals surface area (Å²) in [5.41, 5.74) is 3.36. The lowest BCUT2D eigenvalue weighted by molar-refractivity contribution is -0.138. The summed E-state index contributed by atoms with van der Waals surface area (Å²) in [6.07, 6.45) is 0.367. The van der Waals surface area contributed by atoms with Crippen LogP contribution in [0.25, 0.3) is 0 Å². The summed E-state index contributed by atoms with van der Waals surface area (Å²) < 4.78 is 11.3. The van der Waals surface area contributed by atoms with Gasteiger partial charge in [-0.15, -0.1) is 0 Å². The maximum atomic E-state index is 12.6. The number of aryl methyl sites for hydroxylation is 1. The third kappa shape index (κ3) is 4.60. The van der Waals surface area contributed by atoms with Crippen molar-refractivity contribution in [3.05, 3.63) is 65.2 Å². The van der Waals surface area contributed by atoms with Gasteiger partial charge in [0.05, 0.1) is 26.2 Å². The Morgan fingerprint density at radius 3 is 2.56 bits per heavy atom. The second-order valence-corrected chi connectivity index (χ2v) is 6.36. The van der Waals surface area contributed by atoms with Crippen molar-refractivity contribution in [3.8, 4) is 5.75 Å². The number of ether oxygens (including phenoxy) is 2. The zero-order valence-corrected chi connectivity index (χ0v) is 14.9. The molecule has 1 heterocycles. The monoisotopic (exact) mass is 339 g/mol. The van der Waals surface area contributed by atoms with E-state index in [1.165, 1.54) is 5.56 Å². The number of benzene rings is 2. The van der Waals surface area contributed by atoms with Crippen LogP contribution in [-0.4, -0.2) is 37.1 Å². The van der Waals surface area contributed by atoms with Gasteiger partial charge in [-0.05, 0) is 37.1 Å². The van der Waals surface area contributed by atoms with Crippen LogP contribution in [-0.2, 0) is 16.0 Å². The van der Waals surface area contributed by atoms with Gasteiger partial charge in [-0.1, -0.05) is 42.0 Å². The standard InChI is InChI=1S/C21H25NO3/c1-3-24-19-10-6-17(7-11-19)14-21(23)22-12-13-25-20(15-22)18-8-4-16(2)5-9-18/h4-11,20H,3,12-15H2,1-2H3. The van der Waals surface area contributed by atoms with Crippen LogP contribution in [0, 0.1) is 6.92 Å². The molecule has 3 rings (SSSR count). The number of morpholine rings is 1. The topological polar surface area (TPSA) is 38.8 Å². The average molecular weight is 339 g/mol. The summed E-state index contributed by atoms with van der Waals surface area (Å²) in [6, 6.07) is 16.1. The Kier molecular flexibility index (Phi) is 5.71. The van der Waals surface area contributed by atoms with E-state index in [9.17, 15) is 4.79 Å². The first-order valence-electron chi connectivity index (χ1n) is 8.83. The fourth-order valence-electron chi connectivity index (χ4n) is 3.02. The van der Waals surface area contributed by atoms with E-state index in [0.717, 1.165) is 16.9 Å². The van der Waals surface area contributed by atoms with Crippen LogP contribution >= 0.6 is 0 Å². The molecule has 0 saturated carbocycles. The first kappa shape index (κ1) is 17.5. The summed E-state index contributed by atoms with van der Waals surface area (Å²) in [6.45, 7) is 6.51. The predicted octanol–water partition coefficient (Wildman–Crippen LogP) is 3.54. The highest BCUT2D eigenvalue weighted by molar-refractivity contribution is 5.79. The normalized spacial score (nSPS) is 17.4. The van der Waals surface area contributed by atoms with Gasteiger partial charge in [0.25, 0.3) is 0 Å². The van der Waals surface area contributed by atoms with Gasteiger partial charge in [-0.25, -0.2) is 0 Å². The lowest BCUT2D eigenvalue weighted by Crippen LogP contribution is -2.42. The second-order valence-electron chi connectivity index (χ2n) is 6.36. The van der Waals surface area contributed by atoms with Crippen LogP contribution in [0.3, 0.4) is 0 Å². The Labute approximate surface area is 149 Å². The fourth-order valence-corrected chi connectivity index (χ4v) is 3.02. The molecule has 4 nitrogen and oxygen atoms in total. The maximum absolute atomic E-state index is 12.6. The minimum Gasteiger partial charge on any atom is -0.494 e. The highest BCUT2D eigenvalue weighted by atomic mass is 16.5. The molecule has 4 heteroatoms. The first-order valence-corrected chi connectivity index (χ1v) is 8.83. The SMILES string of the molecule is CCOc1ccc(CC(=O)N2CCOC(c3ccc(C)cc3)C2)cc1. The van der Waals surface area contributed by atoms with E-state index in [1.807, 2.05) is 36.1 Å². The molecule has 1 fully saturated rings. The average Bonchev–Trinajstić information content (AvgIpc) is 2.64. The third-order valence-electron chi connectivity index (χ3n) is 4.46. The van der Waals surface area contributed by atoms with Crippen molar-refractivity contribution in [1.82, 2.24) is 4.90 Å². The predicted molar refractivity (Wildman–Crippen MR) is 97.8 cm³/mol. The van der Waals surface area contributed by atoms with Crippen molar-refractivity contribution >= 4 is 5.91 Å². The van der Waals surface area contributed by atoms with Crippen LogP contribution in [0.1, 0.15) is 29.7 Å². The largest absolute Gasteiger partial charge is 0.494 e. The Bertz CT molecular complexity index is 694. The Balaban J connectivity index is 1.60. The molecule has 0 N–H and O–H groups in total. The van der Waals surface area contributed by atoms with Gasteiger partial charge in [0.15, 0.2) is 0 Å². The molecule has 1 atom stereocenters. The van der Waals surface area contributed by atoms with Crippen LogP contribution in [0.5, 0.6) is 5.75 Å². The van der Waals surface area contributed by atoms with E-state index < -0.39 is 0 Å². The van der Waals surface area contributed by atoms with Crippen molar-refractivity contribution < 1.29 is 14.3 Å². The molecule has 25 heavy (non-hydrogen) atoms. The molecule has 1 aliphatic heterocycles. The van der Waals surface area contributed by atoms with Gasteiger partial charge in [0.2, 0.25) is 5.91 Å². The molecule has 132 valence electrons. The van der Waals surface area contributed by atoms with Gasteiger partial charge < -0.3 is 14.4 Å². The van der Waals surface area contributed by atoms with E-state index in [0.29, 0.717) is 32.7 Å². The number of hydrogen-bond donors (Lipinski definition) is 0. The summed E-state index contributed by atoms with van der Waals surface area (Å²) in [5.74, 6) is 0.981. The molecular formula is C21H25NO3. The molecule has 2 aromatic carbocycles. The van der Waals surface area contributed by atoms with Gasteiger partial charge in [0.1, 0.15) is 11.9 Å². The highest BCUT2D eigenvalue weighted by Gasteiger charge is 2.25. The van der Waals surface area contributed by atoms with Gasteiger partial charge in [-0.2, -0.15) is 0 Å². The fraction of sp³-hybridized carbons (Fsp3) is 0.381. The Morgan fingerprint density at radius 2 is 1.88 bits per heavy atom. The van der Waals surface area contributed by atoms with E-state index in [-0.39, 0.29) is 12.0 Å². The van der Waals surface area contributed by atoms with E-state index in [2.05, 4.69) is 31.2 Å². The zero-order valence-electron chi connectivity index (χ0n) is 14.9. The van der Waals surface area contributed by atoms with Crippen LogP contribution in [0.15, 0.2) is 48.5 Å². The molecule has 0 aliphatic carbocycles. The molecule has 0 spiro atoms. The number of hydrogen-bond acceptors (Lipinski definition) is 3. The molecule has 1 unspecified atom stereocenters. The summed E-state index contributed by atoms with van der Waals surface area (Å²) in [4.78, 5) is 14.6. The van der Waals surface area contributed by atoms with E-state index in [4.69, 9.17) is 9.47 Å². The van der Waals surface area contributed by atoms with Crippen LogP contribution < -0.4 is 4.74 Å². The zero-order chi connectivity index (χ0) is 17.6. The second kappa shape index (κ2) is 8.17. The number of rotatable bonds is 5. The molecule has 1 saturated heterocycles. The molecule has 2 aromatic rings. The maximum Gasteiger partial charge on any atom is 0.227 e.